The Labute approximate surface area is 204 Å². The van der Waals surface area contributed by atoms with Crippen molar-refractivity contribution in [2.75, 3.05) is 42.2 Å². The van der Waals surface area contributed by atoms with Gasteiger partial charge >= 0.3 is 5.97 Å². The molecular formula is C24H31N5O4S. The van der Waals surface area contributed by atoms with Gasteiger partial charge in [-0.3, -0.25) is 9.59 Å². The fourth-order valence-corrected chi connectivity index (χ4v) is 4.24. The molecule has 0 aliphatic carbocycles. The van der Waals surface area contributed by atoms with Crippen molar-refractivity contribution in [3.63, 3.8) is 0 Å². The Morgan fingerprint density at radius 3 is 2.76 bits per heavy atom. The molecule has 10 heteroatoms. The number of esters is 1. The first-order valence-electron chi connectivity index (χ1n) is 11.6. The summed E-state index contributed by atoms with van der Waals surface area (Å²) in [4.78, 5) is 38.6. The topological polar surface area (TPSA) is 114 Å². The van der Waals surface area contributed by atoms with Crippen LogP contribution in [-0.4, -0.2) is 60.0 Å². The van der Waals surface area contributed by atoms with Crippen LogP contribution in [0.25, 0.3) is 0 Å². The van der Waals surface area contributed by atoms with E-state index < -0.39 is 5.97 Å². The van der Waals surface area contributed by atoms with Gasteiger partial charge in [0.15, 0.2) is 5.82 Å². The number of aromatic nitrogens is 2. The zero-order valence-electron chi connectivity index (χ0n) is 19.6. The summed E-state index contributed by atoms with van der Waals surface area (Å²) in [6.45, 7) is 6.24. The molecule has 0 unspecified atom stereocenters. The second-order valence-corrected chi connectivity index (χ2v) is 8.94. The molecule has 2 aromatic rings. The van der Waals surface area contributed by atoms with Crippen molar-refractivity contribution in [2.24, 2.45) is 5.92 Å². The normalized spacial score (nSPS) is 15.5. The van der Waals surface area contributed by atoms with Gasteiger partial charge in [0.25, 0.3) is 0 Å². The largest absolute Gasteiger partial charge is 0.462 e. The molecule has 34 heavy (non-hydrogen) atoms. The number of nitrogens with one attached hydrogen (secondary N) is 2. The van der Waals surface area contributed by atoms with E-state index in [1.54, 1.807) is 31.2 Å². The zero-order chi connectivity index (χ0) is 24.3. The molecule has 1 atom stereocenters. The molecule has 1 aromatic heterocycles. The van der Waals surface area contributed by atoms with Gasteiger partial charge in [0.05, 0.1) is 23.8 Å². The van der Waals surface area contributed by atoms with Gasteiger partial charge in [-0.25, -0.2) is 4.79 Å². The molecule has 1 aromatic carbocycles. The highest BCUT2D eigenvalue weighted by Crippen LogP contribution is 2.23. The van der Waals surface area contributed by atoms with Crippen LogP contribution in [0.2, 0.25) is 0 Å². The lowest BCUT2D eigenvalue weighted by Crippen LogP contribution is -2.43. The summed E-state index contributed by atoms with van der Waals surface area (Å²) in [6.07, 6.45) is 2.73. The maximum atomic E-state index is 12.3. The van der Waals surface area contributed by atoms with Crippen molar-refractivity contribution in [2.45, 2.75) is 38.1 Å². The average molecular weight is 486 g/mol. The lowest BCUT2D eigenvalue weighted by atomic mass is 9.97. The standard InChI is InChI=1S/C24H31N5O4S/c1-3-12-25-23(31)18-8-6-13-29(15-18)20-10-11-22(28-27-20)34-16-21(30)26-19-9-5-7-17(14-19)24(32)33-4-2/h5,7,9-11,14,18H,3-4,6,8,12-13,15-16H2,1-2H3,(H,25,31)(H,26,30)/t18-/m1/s1. The van der Waals surface area contributed by atoms with E-state index in [1.165, 1.54) is 11.8 Å². The lowest BCUT2D eigenvalue weighted by Gasteiger charge is -2.32. The number of ether oxygens (including phenoxy) is 1. The van der Waals surface area contributed by atoms with Gasteiger partial charge in [0.1, 0.15) is 5.03 Å². The van der Waals surface area contributed by atoms with E-state index in [0.29, 0.717) is 36.0 Å². The minimum absolute atomic E-state index is 0.0396. The molecule has 2 N–H and O–H groups in total. The van der Waals surface area contributed by atoms with Crippen molar-refractivity contribution in [3.8, 4) is 0 Å². The minimum atomic E-state index is -0.426. The third kappa shape index (κ3) is 7.44. The number of anilines is 2. The van der Waals surface area contributed by atoms with Gasteiger partial charge in [-0.05, 0) is 56.5 Å². The molecule has 2 amide bonds. The number of amides is 2. The highest BCUT2D eigenvalue weighted by molar-refractivity contribution is 7.99. The predicted octanol–water partition coefficient (Wildman–Crippen LogP) is 3.13. The van der Waals surface area contributed by atoms with Crippen LogP contribution in [0.4, 0.5) is 11.5 Å². The van der Waals surface area contributed by atoms with Crippen LogP contribution in [0.5, 0.6) is 0 Å². The highest BCUT2D eigenvalue weighted by Gasteiger charge is 2.26. The second-order valence-electron chi connectivity index (χ2n) is 7.94. The molecule has 1 fully saturated rings. The molecule has 0 bridgehead atoms. The smallest absolute Gasteiger partial charge is 0.338 e. The molecule has 1 saturated heterocycles. The van der Waals surface area contributed by atoms with Crippen molar-refractivity contribution in [1.82, 2.24) is 15.5 Å². The van der Waals surface area contributed by atoms with E-state index in [0.717, 1.165) is 31.6 Å². The molecule has 0 radical (unpaired) electrons. The number of carbonyl (C=O) groups is 3. The van der Waals surface area contributed by atoms with E-state index in [-0.39, 0.29) is 23.5 Å². The first-order chi connectivity index (χ1) is 16.5. The van der Waals surface area contributed by atoms with Crippen LogP contribution in [0, 0.1) is 5.92 Å². The van der Waals surface area contributed by atoms with Gasteiger partial charge in [-0.15, -0.1) is 10.2 Å². The number of hydrogen-bond donors (Lipinski definition) is 2. The quantitative estimate of drug-likeness (QED) is 0.390. The second kappa shape index (κ2) is 12.9. The SMILES string of the molecule is CCCNC(=O)[C@@H]1CCCN(c2ccc(SCC(=O)Nc3cccc(C(=O)OCC)c3)nn2)C1. The Hall–Kier alpha value is -3.14. The van der Waals surface area contributed by atoms with Crippen molar-refractivity contribution < 1.29 is 19.1 Å². The zero-order valence-corrected chi connectivity index (χ0v) is 20.4. The third-order valence-electron chi connectivity index (χ3n) is 5.30. The number of rotatable bonds is 10. The molecule has 0 saturated carbocycles. The Kier molecular flexibility index (Phi) is 9.69. The van der Waals surface area contributed by atoms with Crippen LogP contribution in [0.15, 0.2) is 41.4 Å². The average Bonchev–Trinajstić information content (AvgIpc) is 2.86. The molecule has 2 heterocycles. The Bertz CT molecular complexity index is 986. The summed E-state index contributed by atoms with van der Waals surface area (Å²) in [6, 6.07) is 10.3. The first-order valence-corrected chi connectivity index (χ1v) is 12.5. The summed E-state index contributed by atoms with van der Waals surface area (Å²) in [5, 5.41) is 14.9. The minimum Gasteiger partial charge on any atom is -0.462 e. The number of piperidine rings is 1. The Morgan fingerprint density at radius 2 is 2.03 bits per heavy atom. The van der Waals surface area contributed by atoms with Crippen LogP contribution < -0.4 is 15.5 Å². The van der Waals surface area contributed by atoms with Gasteiger partial charge < -0.3 is 20.3 Å². The van der Waals surface area contributed by atoms with E-state index >= 15 is 0 Å². The van der Waals surface area contributed by atoms with Crippen LogP contribution >= 0.6 is 11.8 Å². The lowest BCUT2D eigenvalue weighted by molar-refractivity contribution is -0.125. The number of thioether (sulfide) groups is 1. The molecule has 3 rings (SSSR count). The van der Waals surface area contributed by atoms with Crippen molar-refractivity contribution in [1.29, 1.82) is 0 Å². The summed E-state index contributed by atoms with van der Waals surface area (Å²) < 4.78 is 4.99. The van der Waals surface area contributed by atoms with E-state index in [4.69, 9.17) is 4.74 Å². The number of hydrogen-bond acceptors (Lipinski definition) is 8. The molecule has 1 aliphatic heterocycles. The maximum Gasteiger partial charge on any atom is 0.338 e. The van der Waals surface area contributed by atoms with Gasteiger partial charge in [0.2, 0.25) is 11.8 Å². The fourth-order valence-electron chi connectivity index (χ4n) is 3.63. The number of carbonyl (C=O) groups excluding carboxylic acids is 3. The molecule has 9 nitrogen and oxygen atoms in total. The van der Waals surface area contributed by atoms with Gasteiger partial charge in [-0.2, -0.15) is 0 Å². The number of nitrogens with zero attached hydrogens (tertiary/aromatic N) is 3. The number of benzene rings is 1. The highest BCUT2D eigenvalue weighted by atomic mass is 32.2. The van der Waals surface area contributed by atoms with E-state index in [2.05, 4.69) is 25.7 Å². The van der Waals surface area contributed by atoms with Crippen molar-refractivity contribution >= 4 is 41.1 Å². The monoisotopic (exact) mass is 485 g/mol. The van der Waals surface area contributed by atoms with Gasteiger partial charge in [0, 0.05) is 25.3 Å². The summed E-state index contributed by atoms with van der Waals surface area (Å²) in [5.41, 5.74) is 0.914. The summed E-state index contributed by atoms with van der Waals surface area (Å²) >= 11 is 1.28. The third-order valence-corrected chi connectivity index (χ3v) is 6.22. The van der Waals surface area contributed by atoms with E-state index in [9.17, 15) is 14.4 Å². The van der Waals surface area contributed by atoms with Crippen LogP contribution in [0.1, 0.15) is 43.5 Å². The summed E-state index contributed by atoms with van der Waals surface area (Å²) in [5.74, 6) is 0.310. The predicted molar refractivity (Wildman–Crippen MR) is 132 cm³/mol. The van der Waals surface area contributed by atoms with Crippen LogP contribution in [0.3, 0.4) is 0 Å². The fraction of sp³-hybridized carbons (Fsp3) is 0.458. The Morgan fingerprint density at radius 1 is 1.18 bits per heavy atom. The van der Waals surface area contributed by atoms with Crippen LogP contribution in [-0.2, 0) is 14.3 Å². The first kappa shape index (κ1) is 25.5. The molecule has 1 aliphatic rings. The van der Waals surface area contributed by atoms with Gasteiger partial charge in [-0.1, -0.05) is 24.8 Å². The molecule has 0 spiro atoms. The molecule has 182 valence electrons. The van der Waals surface area contributed by atoms with E-state index in [1.807, 2.05) is 19.1 Å². The Balaban J connectivity index is 1.49. The maximum absolute atomic E-state index is 12.3. The van der Waals surface area contributed by atoms with Crippen molar-refractivity contribution in [3.05, 3.63) is 42.0 Å². The molecular weight excluding hydrogens is 454 g/mol. The summed E-state index contributed by atoms with van der Waals surface area (Å²) in [7, 11) is 0.